The molecule has 0 saturated carbocycles. The van der Waals surface area contributed by atoms with Gasteiger partial charge in [0.1, 0.15) is 22.7 Å². The van der Waals surface area contributed by atoms with E-state index in [0.717, 1.165) is 21.3 Å². The van der Waals surface area contributed by atoms with Gasteiger partial charge in [0.25, 0.3) is 0 Å². The number of hydrogen-bond acceptors (Lipinski definition) is 5. The van der Waals surface area contributed by atoms with Crippen molar-refractivity contribution in [2.75, 3.05) is 6.61 Å². The van der Waals surface area contributed by atoms with E-state index in [2.05, 4.69) is 20.9 Å². The van der Waals surface area contributed by atoms with Crippen molar-refractivity contribution in [3.8, 4) is 16.9 Å². The van der Waals surface area contributed by atoms with Crippen LogP contribution in [0.1, 0.15) is 40.2 Å². The molecule has 0 bridgehead atoms. The summed E-state index contributed by atoms with van der Waals surface area (Å²) < 4.78 is 11.7. The fourth-order valence-electron chi connectivity index (χ4n) is 3.56. The zero-order valence-electron chi connectivity index (χ0n) is 17.2. The van der Waals surface area contributed by atoms with Gasteiger partial charge in [-0.3, -0.25) is 4.79 Å². The molecular weight excluding hydrogens is 434 g/mol. The van der Waals surface area contributed by atoms with Crippen LogP contribution in [0.15, 0.2) is 45.9 Å². The van der Waals surface area contributed by atoms with Gasteiger partial charge < -0.3 is 9.47 Å². The average molecular weight is 458 g/mol. The topological polar surface area (TPSA) is 65.0 Å². The number of fused-ring (bicyclic) bond motifs is 1. The van der Waals surface area contributed by atoms with Gasteiger partial charge in [-0.15, -0.1) is 0 Å². The Bertz CT molecular complexity index is 995. The summed E-state index contributed by atoms with van der Waals surface area (Å²) in [7, 11) is 0. The first-order valence-corrected chi connectivity index (χ1v) is 10.4. The maximum atomic E-state index is 12.8. The highest BCUT2D eigenvalue weighted by molar-refractivity contribution is 9.10. The number of rotatable bonds is 6. The van der Waals surface area contributed by atoms with Crippen LogP contribution in [0.25, 0.3) is 11.1 Å². The van der Waals surface area contributed by atoms with Crippen LogP contribution in [0.3, 0.4) is 0 Å². The van der Waals surface area contributed by atoms with Crippen molar-refractivity contribution in [2.45, 2.75) is 46.1 Å². The lowest BCUT2D eigenvalue weighted by Gasteiger charge is -2.26. The Labute approximate surface area is 179 Å². The first-order chi connectivity index (χ1) is 13.7. The van der Waals surface area contributed by atoms with E-state index in [1.54, 1.807) is 13.8 Å². The molecule has 1 aliphatic heterocycles. The van der Waals surface area contributed by atoms with Crippen LogP contribution in [0.5, 0.6) is 5.75 Å². The number of Topliss-reactive ketones (excluding diaryl/α,β-unsaturated/α-hetero) is 1. The van der Waals surface area contributed by atoms with E-state index in [-0.39, 0.29) is 24.2 Å². The minimum Gasteiger partial charge on any atom is -0.491 e. The predicted molar refractivity (Wildman–Crippen MR) is 117 cm³/mol. The van der Waals surface area contributed by atoms with E-state index in [9.17, 15) is 9.59 Å². The molecule has 29 heavy (non-hydrogen) atoms. The minimum atomic E-state index is -1.19. The maximum Gasteiger partial charge on any atom is 0.354 e. The van der Waals surface area contributed by atoms with Crippen LogP contribution < -0.4 is 4.74 Å². The lowest BCUT2D eigenvalue weighted by atomic mass is 9.73. The summed E-state index contributed by atoms with van der Waals surface area (Å²) in [5.74, 6) is 0.0385. The third-order valence-corrected chi connectivity index (χ3v) is 5.69. The monoisotopic (exact) mass is 457 g/mol. The third-order valence-electron chi connectivity index (χ3n) is 5.03. The van der Waals surface area contributed by atoms with Crippen LogP contribution in [-0.2, 0) is 19.7 Å². The van der Waals surface area contributed by atoms with Crippen LogP contribution in [-0.4, -0.2) is 30.2 Å². The van der Waals surface area contributed by atoms with Gasteiger partial charge in [0.2, 0.25) is 0 Å². The fraction of sp³-hybridized carbons (Fsp3) is 0.348. The van der Waals surface area contributed by atoms with Crippen molar-refractivity contribution in [2.24, 2.45) is 4.99 Å². The van der Waals surface area contributed by atoms with E-state index in [1.165, 1.54) is 6.92 Å². The molecule has 2 aromatic carbocycles. The summed E-state index contributed by atoms with van der Waals surface area (Å²) in [6.07, 6.45) is 0.0788. The Kier molecular flexibility index (Phi) is 5.94. The lowest BCUT2D eigenvalue weighted by molar-refractivity contribution is -0.136. The fourth-order valence-corrected chi connectivity index (χ4v) is 4.12. The van der Waals surface area contributed by atoms with Crippen molar-refractivity contribution in [1.29, 1.82) is 0 Å². The molecule has 152 valence electrons. The van der Waals surface area contributed by atoms with Crippen LogP contribution in [0, 0.1) is 0 Å². The molecule has 0 aliphatic carbocycles. The molecule has 5 nitrogen and oxygen atoms in total. The summed E-state index contributed by atoms with van der Waals surface area (Å²) in [5.41, 5.74) is 1.98. The minimum absolute atomic E-state index is 0.0788. The average Bonchev–Trinajstić information content (AvgIpc) is 2.97. The van der Waals surface area contributed by atoms with Gasteiger partial charge in [-0.25, -0.2) is 9.79 Å². The number of benzene rings is 2. The number of carbonyl (C=O) groups excluding carboxylic acids is 2. The molecule has 6 heteroatoms. The Morgan fingerprint density at radius 1 is 1.14 bits per heavy atom. The molecule has 1 unspecified atom stereocenters. The third kappa shape index (κ3) is 3.73. The maximum absolute atomic E-state index is 12.8. The van der Waals surface area contributed by atoms with Crippen molar-refractivity contribution < 1.29 is 19.1 Å². The van der Waals surface area contributed by atoms with Crippen molar-refractivity contribution in [3.63, 3.8) is 0 Å². The van der Waals surface area contributed by atoms with E-state index in [4.69, 9.17) is 9.47 Å². The van der Waals surface area contributed by atoms with Crippen molar-refractivity contribution in [1.82, 2.24) is 0 Å². The van der Waals surface area contributed by atoms with Crippen molar-refractivity contribution in [3.05, 3.63) is 46.4 Å². The van der Waals surface area contributed by atoms with Gasteiger partial charge in [0.05, 0.1) is 18.4 Å². The van der Waals surface area contributed by atoms with Crippen LogP contribution in [0.2, 0.25) is 0 Å². The summed E-state index contributed by atoms with van der Waals surface area (Å²) in [5, 5.41) is 0. The Morgan fingerprint density at radius 3 is 2.34 bits per heavy atom. The Balaban J connectivity index is 2.17. The number of aliphatic imine (C=N–C) groups is 1. The highest BCUT2D eigenvalue weighted by Gasteiger charge is 2.49. The van der Waals surface area contributed by atoms with Gasteiger partial charge in [-0.05, 0) is 64.4 Å². The highest BCUT2D eigenvalue weighted by atomic mass is 79.9. The molecule has 0 aromatic heterocycles. The molecule has 0 amide bonds. The molecule has 1 atom stereocenters. The number of ether oxygens (including phenoxy) is 2. The lowest BCUT2D eigenvalue weighted by Crippen LogP contribution is -2.42. The van der Waals surface area contributed by atoms with Crippen molar-refractivity contribution >= 4 is 39.1 Å². The van der Waals surface area contributed by atoms with Gasteiger partial charge in [-0.1, -0.05) is 28.1 Å². The van der Waals surface area contributed by atoms with E-state index >= 15 is 0 Å². The second kappa shape index (κ2) is 8.11. The van der Waals surface area contributed by atoms with Gasteiger partial charge in [0.15, 0.2) is 0 Å². The predicted octanol–water partition coefficient (Wildman–Crippen LogP) is 5.40. The number of hydrogen-bond donors (Lipinski definition) is 0. The first kappa shape index (κ1) is 21.2. The number of esters is 1. The molecule has 1 aliphatic rings. The quantitative estimate of drug-likeness (QED) is 0.544. The second-order valence-electron chi connectivity index (χ2n) is 7.37. The van der Waals surface area contributed by atoms with E-state index < -0.39 is 11.4 Å². The Hall–Kier alpha value is -2.47. The molecule has 3 rings (SSSR count). The normalized spacial score (nSPS) is 17.7. The Morgan fingerprint density at radius 2 is 1.79 bits per heavy atom. The van der Waals surface area contributed by atoms with E-state index in [1.807, 2.05) is 50.2 Å². The summed E-state index contributed by atoms with van der Waals surface area (Å²) >= 11 is 3.62. The molecule has 2 aromatic rings. The zero-order chi connectivity index (χ0) is 21.3. The largest absolute Gasteiger partial charge is 0.491 e. The van der Waals surface area contributed by atoms with Crippen LogP contribution >= 0.6 is 15.9 Å². The smallest absolute Gasteiger partial charge is 0.354 e. The molecule has 0 fully saturated rings. The van der Waals surface area contributed by atoms with E-state index in [0.29, 0.717) is 11.3 Å². The van der Waals surface area contributed by atoms with Gasteiger partial charge >= 0.3 is 5.97 Å². The summed E-state index contributed by atoms with van der Waals surface area (Å²) in [4.78, 5) is 29.9. The van der Waals surface area contributed by atoms with Gasteiger partial charge in [0, 0.05) is 15.6 Å². The molecule has 0 N–H and O–H groups in total. The molecule has 1 heterocycles. The molecule has 0 spiro atoms. The van der Waals surface area contributed by atoms with Crippen LogP contribution in [0.4, 0.5) is 5.69 Å². The second-order valence-corrected chi connectivity index (χ2v) is 8.22. The number of carbonyl (C=O) groups is 2. The zero-order valence-corrected chi connectivity index (χ0v) is 18.8. The first-order valence-electron chi connectivity index (χ1n) is 9.57. The number of ketones is 1. The molecule has 0 radical (unpaired) electrons. The summed E-state index contributed by atoms with van der Waals surface area (Å²) in [6, 6.07) is 11.4. The molecule has 0 saturated heterocycles. The number of nitrogens with zero attached hydrogens (tertiary/aromatic N) is 1. The number of halogens is 1. The summed E-state index contributed by atoms with van der Waals surface area (Å²) in [6.45, 7) is 9.12. The standard InChI is InChI=1S/C23H24BrNO4/c1-6-28-22(27)21-23(5,14(4)26)20-18(25-21)12-11-17(24)19(20)15-7-9-16(10-8-15)29-13(2)3/h7-13H,6H2,1-5H3. The molecular formula is C23H24BrNO4. The highest BCUT2D eigenvalue weighted by Crippen LogP contribution is 2.49. The van der Waals surface area contributed by atoms with Gasteiger partial charge in [-0.2, -0.15) is 0 Å². The SMILES string of the molecule is CCOC(=O)C1=Nc2ccc(Br)c(-c3ccc(OC(C)C)cc3)c2C1(C)C(C)=O.